The topological polar surface area (TPSA) is 62.2 Å². The lowest BCUT2D eigenvalue weighted by molar-refractivity contribution is 0.0691. The molecule has 1 aromatic carbocycles. The highest BCUT2D eigenvalue weighted by atomic mass is 32.1. The molecular weight excluding hydrogens is 284 g/mol. The fourth-order valence-electron chi connectivity index (χ4n) is 2.20. The van der Waals surface area contributed by atoms with E-state index in [1.54, 1.807) is 17.4 Å². The van der Waals surface area contributed by atoms with E-state index >= 15 is 0 Å². The highest BCUT2D eigenvalue weighted by Crippen LogP contribution is 2.22. The van der Waals surface area contributed by atoms with Crippen molar-refractivity contribution in [1.82, 2.24) is 4.98 Å². The van der Waals surface area contributed by atoms with Crippen LogP contribution in [0.1, 0.15) is 15.4 Å². The third kappa shape index (κ3) is 3.03. The van der Waals surface area contributed by atoms with Gasteiger partial charge in [0.1, 0.15) is 5.82 Å². The Morgan fingerprint density at radius 2 is 2.10 bits per heavy atom. The van der Waals surface area contributed by atoms with Gasteiger partial charge >= 0.3 is 5.97 Å². The summed E-state index contributed by atoms with van der Waals surface area (Å²) in [6.45, 7) is 0.723. The van der Waals surface area contributed by atoms with Gasteiger partial charge in [-0.05, 0) is 29.3 Å². The molecule has 0 aliphatic carbocycles. The molecule has 0 aliphatic heterocycles. The lowest BCUT2D eigenvalue weighted by Crippen LogP contribution is -2.09. The second-order valence-corrected chi connectivity index (χ2v) is 5.67. The zero-order valence-corrected chi connectivity index (χ0v) is 12.1. The molecule has 0 fully saturated rings. The number of thiophene rings is 1. The summed E-state index contributed by atoms with van der Waals surface area (Å²) < 4.78 is 0. The van der Waals surface area contributed by atoms with Crippen LogP contribution in [0.5, 0.6) is 0 Å². The van der Waals surface area contributed by atoms with Crippen molar-refractivity contribution in [2.75, 3.05) is 11.9 Å². The van der Waals surface area contributed by atoms with Gasteiger partial charge in [-0.25, -0.2) is 9.78 Å². The number of pyridine rings is 1. The molecule has 21 heavy (non-hydrogen) atoms. The van der Waals surface area contributed by atoms with Gasteiger partial charge in [-0.15, -0.1) is 11.3 Å². The van der Waals surface area contributed by atoms with Crippen molar-refractivity contribution in [3.63, 3.8) is 0 Å². The molecule has 0 saturated carbocycles. The monoisotopic (exact) mass is 298 g/mol. The van der Waals surface area contributed by atoms with Crippen molar-refractivity contribution < 1.29 is 9.90 Å². The number of rotatable bonds is 5. The summed E-state index contributed by atoms with van der Waals surface area (Å²) in [4.78, 5) is 16.7. The van der Waals surface area contributed by atoms with Gasteiger partial charge in [-0.1, -0.05) is 30.3 Å². The van der Waals surface area contributed by atoms with E-state index in [1.165, 1.54) is 4.88 Å². The van der Waals surface area contributed by atoms with Crippen LogP contribution in [0, 0.1) is 0 Å². The fraction of sp³-hybridized carbons (Fsp3) is 0.125. The fourth-order valence-corrected chi connectivity index (χ4v) is 2.91. The van der Waals surface area contributed by atoms with Crippen molar-refractivity contribution in [3.8, 4) is 0 Å². The van der Waals surface area contributed by atoms with Gasteiger partial charge in [0.15, 0.2) is 5.69 Å². The number of fused-ring (bicyclic) bond motifs is 1. The summed E-state index contributed by atoms with van der Waals surface area (Å²) in [6.07, 6.45) is 0.894. The molecular formula is C16H14N2O2S. The minimum absolute atomic E-state index is 0.0623. The molecule has 106 valence electrons. The zero-order chi connectivity index (χ0) is 14.7. The van der Waals surface area contributed by atoms with E-state index in [0.717, 1.165) is 23.7 Å². The number of aromatic carboxylic acids is 1. The van der Waals surface area contributed by atoms with Crippen molar-refractivity contribution in [2.24, 2.45) is 0 Å². The number of carboxylic acid groups (broad SMARTS) is 1. The third-order valence-corrected chi connectivity index (χ3v) is 4.14. The number of aromatic nitrogens is 1. The lowest BCUT2D eigenvalue weighted by Gasteiger charge is -2.09. The number of hydrogen-bond acceptors (Lipinski definition) is 4. The normalized spacial score (nSPS) is 10.7. The van der Waals surface area contributed by atoms with E-state index in [-0.39, 0.29) is 5.69 Å². The number of hydrogen-bond donors (Lipinski definition) is 2. The largest absolute Gasteiger partial charge is 0.477 e. The number of anilines is 1. The highest BCUT2D eigenvalue weighted by molar-refractivity contribution is 7.09. The smallest absolute Gasteiger partial charge is 0.354 e. The molecule has 0 bridgehead atoms. The number of carboxylic acids is 1. The van der Waals surface area contributed by atoms with Crippen molar-refractivity contribution in [3.05, 3.63) is 58.4 Å². The minimum atomic E-state index is -1.01. The predicted octanol–water partition coefficient (Wildman–Crippen LogP) is 3.65. The van der Waals surface area contributed by atoms with Crippen LogP contribution in [0.4, 0.5) is 5.82 Å². The van der Waals surface area contributed by atoms with Crippen molar-refractivity contribution in [1.29, 1.82) is 0 Å². The van der Waals surface area contributed by atoms with Gasteiger partial charge < -0.3 is 10.4 Å². The van der Waals surface area contributed by atoms with E-state index in [4.69, 9.17) is 5.11 Å². The molecule has 3 rings (SSSR count). The maximum Gasteiger partial charge on any atom is 0.354 e. The first-order chi connectivity index (χ1) is 10.2. The number of nitrogens with zero attached hydrogens (tertiary/aromatic N) is 1. The standard InChI is InChI=1S/C16H14N2O2S/c19-16(20)14-10-11-4-1-2-6-13(11)15(18-14)17-8-7-12-5-3-9-21-12/h1-6,9-10H,7-8H2,(H,17,18)(H,19,20). The van der Waals surface area contributed by atoms with E-state index in [9.17, 15) is 4.79 Å². The van der Waals surface area contributed by atoms with E-state index in [2.05, 4.69) is 16.4 Å². The number of nitrogens with one attached hydrogen (secondary N) is 1. The molecule has 2 N–H and O–H groups in total. The molecule has 3 aromatic rings. The van der Waals surface area contributed by atoms with E-state index in [0.29, 0.717) is 5.82 Å². The summed E-state index contributed by atoms with van der Waals surface area (Å²) in [5.41, 5.74) is 0.0623. The van der Waals surface area contributed by atoms with Crippen LogP contribution in [0.3, 0.4) is 0 Å². The van der Waals surface area contributed by atoms with Gasteiger partial charge in [0.05, 0.1) is 0 Å². The van der Waals surface area contributed by atoms with Crippen LogP contribution in [0.2, 0.25) is 0 Å². The second kappa shape index (κ2) is 5.93. The SMILES string of the molecule is O=C(O)c1cc2ccccc2c(NCCc2cccs2)n1. The first-order valence-corrected chi connectivity index (χ1v) is 7.51. The maximum absolute atomic E-state index is 11.2. The average Bonchev–Trinajstić information content (AvgIpc) is 3.00. The summed E-state index contributed by atoms with van der Waals surface area (Å²) in [5, 5.41) is 16.3. The summed E-state index contributed by atoms with van der Waals surface area (Å²) >= 11 is 1.72. The summed E-state index contributed by atoms with van der Waals surface area (Å²) in [6, 6.07) is 13.4. The van der Waals surface area contributed by atoms with Gasteiger partial charge in [0.25, 0.3) is 0 Å². The molecule has 0 saturated heterocycles. The van der Waals surface area contributed by atoms with E-state index in [1.807, 2.05) is 35.7 Å². The zero-order valence-electron chi connectivity index (χ0n) is 11.2. The Kier molecular flexibility index (Phi) is 3.83. The highest BCUT2D eigenvalue weighted by Gasteiger charge is 2.10. The van der Waals surface area contributed by atoms with Crippen LogP contribution in [0.15, 0.2) is 47.8 Å². The van der Waals surface area contributed by atoms with Crippen LogP contribution in [-0.2, 0) is 6.42 Å². The lowest BCUT2D eigenvalue weighted by atomic mass is 10.1. The molecule has 4 nitrogen and oxygen atoms in total. The molecule has 0 spiro atoms. The van der Waals surface area contributed by atoms with Gasteiger partial charge in [-0.2, -0.15) is 0 Å². The molecule has 0 amide bonds. The molecule has 0 radical (unpaired) electrons. The minimum Gasteiger partial charge on any atom is -0.477 e. The van der Waals surface area contributed by atoms with Gasteiger partial charge in [0, 0.05) is 16.8 Å². The second-order valence-electron chi connectivity index (χ2n) is 4.64. The molecule has 2 heterocycles. The Bertz CT molecular complexity index is 769. The number of carbonyl (C=O) groups is 1. The quantitative estimate of drug-likeness (QED) is 0.754. The molecule has 5 heteroatoms. The summed E-state index contributed by atoms with van der Waals surface area (Å²) in [7, 11) is 0. The summed E-state index contributed by atoms with van der Waals surface area (Å²) in [5.74, 6) is -0.385. The molecule has 0 aliphatic rings. The van der Waals surface area contributed by atoms with Gasteiger partial charge in [0.2, 0.25) is 0 Å². The Labute approximate surface area is 126 Å². The third-order valence-electron chi connectivity index (χ3n) is 3.20. The molecule has 0 atom stereocenters. The average molecular weight is 298 g/mol. The molecule has 0 unspecified atom stereocenters. The Hall–Kier alpha value is -2.40. The molecule has 2 aromatic heterocycles. The van der Waals surface area contributed by atoms with Gasteiger partial charge in [-0.3, -0.25) is 0 Å². The Morgan fingerprint density at radius 3 is 2.86 bits per heavy atom. The van der Waals surface area contributed by atoms with Crippen LogP contribution < -0.4 is 5.32 Å². The predicted molar refractivity (Wildman–Crippen MR) is 85.2 cm³/mol. The van der Waals surface area contributed by atoms with Crippen LogP contribution in [0.25, 0.3) is 10.8 Å². The van der Waals surface area contributed by atoms with E-state index < -0.39 is 5.97 Å². The van der Waals surface area contributed by atoms with Crippen molar-refractivity contribution >= 4 is 33.9 Å². The maximum atomic E-state index is 11.2. The Balaban J connectivity index is 1.87. The van der Waals surface area contributed by atoms with Crippen LogP contribution in [-0.4, -0.2) is 22.6 Å². The first-order valence-electron chi connectivity index (χ1n) is 6.63. The first kappa shape index (κ1) is 13.6. The number of benzene rings is 1. The Morgan fingerprint density at radius 1 is 1.24 bits per heavy atom. The van der Waals surface area contributed by atoms with Crippen molar-refractivity contribution in [2.45, 2.75) is 6.42 Å². The van der Waals surface area contributed by atoms with Crippen LogP contribution >= 0.6 is 11.3 Å².